The average Bonchev–Trinajstić information content (AvgIpc) is 2.61. The van der Waals surface area contributed by atoms with Crippen molar-refractivity contribution < 1.29 is 5.11 Å². The van der Waals surface area contributed by atoms with E-state index in [1.54, 1.807) is 11.3 Å². The second kappa shape index (κ2) is 6.20. The first-order valence-electron chi connectivity index (χ1n) is 5.46. The fourth-order valence-electron chi connectivity index (χ4n) is 1.57. The van der Waals surface area contributed by atoms with E-state index in [-0.39, 0.29) is 12.1 Å². The standard InChI is InChI=1S/C11H20N2OS/c1-4-5-10(14)6-12-8(2)11-9(3)13-7-15-11/h7-8,10,12,14H,4-6H2,1-3H3. The van der Waals surface area contributed by atoms with Gasteiger partial charge in [-0.1, -0.05) is 13.3 Å². The molecule has 2 N–H and O–H groups in total. The molecule has 0 radical (unpaired) electrons. The Bertz CT molecular complexity index is 288. The summed E-state index contributed by atoms with van der Waals surface area (Å²) in [7, 11) is 0. The predicted molar refractivity (Wildman–Crippen MR) is 64.2 cm³/mol. The van der Waals surface area contributed by atoms with E-state index in [0.717, 1.165) is 18.5 Å². The molecule has 0 aromatic carbocycles. The van der Waals surface area contributed by atoms with Crippen molar-refractivity contribution in [3.8, 4) is 0 Å². The maximum atomic E-state index is 9.59. The van der Waals surface area contributed by atoms with Gasteiger partial charge < -0.3 is 10.4 Å². The molecule has 86 valence electrons. The highest BCUT2D eigenvalue weighted by atomic mass is 32.1. The number of hydrogen-bond donors (Lipinski definition) is 2. The normalized spacial score (nSPS) is 15.2. The van der Waals surface area contributed by atoms with Crippen LogP contribution in [0.3, 0.4) is 0 Å². The van der Waals surface area contributed by atoms with E-state index in [4.69, 9.17) is 0 Å². The van der Waals surface area contributed by atoms with Gasteiger partial charge in [0.1, 0.15) is 0 Å². The number of hydrogen-bond acceptors (Lipinski definition) is 4. The third-order valence-corrected chi connectivity index (χ3v) is 3.57. The van der Waals surface area contributed by atoms with Gasteiger partial charge in [0.05, 0.1) is 17.3 Å². The van der Waals surface area contributed by atoms with Gasteiger partial charge in [-0.25, -0.2) is 4.98 Å². The highest BCUT2D eigenvalue weighted by Gasteiger charge is 2.11. The van der Waals surface area contributed by atoms with Crippen molar-refractivity contribution in [3.63, 3.8) is 0 Å². The van der Waals surface area contributed by atoms with Gasteiger partial charge in [0.25, 0.3) is 0 Å². The van der Waals surface area contributed by atoms with Crippen LogP contribution in [0.2, 0.25) is 0 Å². The summed E-state index contributed by atoms with van der Waals surface area (Å²) in [4.78, 5) is 5.48. The van der Waals surface area contributed by atoms with Crippen molar-refractivity contribution in [2.24, 2.45) is 0 Å². The molecule has 4 heteroatoms. The molecule has 0 spiro atoms. The second-order valence-corrected chi connectivity index (χ2v) is 4.76. The maximum absolute atomic E-state index is 9.59. The smallest absolute Gasteiger partial charge is 0.0798 e. The molecular weight excluding hydrogens is 208 g/mol. The molecule has 0 saturated carbocycles. The molecule has 0 aliphatic heterocycles. The van der Waals surface area contributed by atoms with E-state index < -0.39 is 0 Å². The number of nitrogens with zero attached hydrogens (tertiary/aromatic N) is 1. The van der Waals surface area contributed by atoms with Gasteiger partial charge >= 0.3 is 0 Å². The minimum absolute atomic E-state index is 0.231. The highest BCUT2D eigenvalue weighted by Crippen LogP contribution is 2.20. The van der Waals surface area contributed by atoms with Gasteiger partial charge in [-0.2, -0.15) is 0 Å². The fourth-order valence-corrected chi connectivity index (χ4v) is 2.40. The Balaban J connectivity index is 2.36. The maximum Gasteiger partial charge on any atom is 0.0798 e. The number of aliphatic hydroxyl groups excluding tert-OH is 1. The summed E-state index contributed by atoms with van der Waals surface area (Å²) in [5.41, 5.74) is 2.95. The lowest BCUT2D eigenvalue weighted by Crippen LogP contribution is -2.28. The van der Waals surface area contributed by atoms with E-state index in [2.05, 4.69) is 24.1 Å². The quantitative estimate of drug-likeness (QED) is 0.785. The number of aryl methyl sites for hydroxylation is 1. The van der Waals surface area contributed by atoms with E-state index >= 15 is 0 Å². The summed E-state index contributed by atoms with van der Waals surface area (Å²) in [5.74, 6) is 0. The first-order chi connectivity index (χ1) is 7.15. The summed E-state index contributed by atoms with van der Waals surface area (Å²) in [6.45, 7) is 6.87. The lowest BCUT2D eigenvalue weighted by atomic mass is 10.2. The molecule has 0 fully saturated rings. The minimum Gasteiger partial charge on any atom is -0.392 e. The molecule has 1 rings (SSSR count). The summed E-state index contributed by atoms with van der Waals surface area (Å²) in [5, 5.41) is 12.9. The lowest BCUT2D eigenvalue weighted by Gasteiger charge is -2.16. The summed E-state index contributed by atoms with van der Waals surface area (Å²) in [6.07, 6.45) is 1.66. The summed E-state index contributed by atoms with van der Waals surface area (Å²) < 4.78 is 0. The molecule has 0 amide bonds. The summed E-state index contributed by atoms with van der Waals surface area (Å²) in [6, 6.07) is 0.281. The van der Waals surface area contributed by atoms with Crippen LogP contribution < -0.4 is 5.32 Å². The minimum atomic E-state index is -0.231. The second-order valence-electron chi connectivity index (χ2n) is 3.87. The van der Waals surface area contributed by atoms with Gasteiger partial charge in [-0.3, -0.25) is 0 Å². The lowest BCUT2D eigenvalue weighted by molar-refractivity contribution is 0.157. The molecule has 2 unspecified atom stereocenters. The highest BCUT2D eigenvalue weighted by molar-refractivity contribution is 7.09. The van der Waals surface area contributed by atoms with Crippen LogP contribution in [0.4, 0.5) is 0 Å². The van der Waals surface area contributed by atoms with Crippen molar-refractivity contribution in [1.29, 1.82) is 0 Å². The van der Waals surface area contributed by atoms with Crippen LogP contribution in [0, 0.1) is 6.92 Å². The third-order valence-electron chi connectivity index (χ3n) is 2.46. The zero-order valence-electron chi connectivity index (χ0n) is 9.66. The van der Waals surface area contributed by atoms with Crippen molar-refractivity contribution in [2.45, 2.75) is 45.8 Å². The number of nitrogens with one attached hydrogen (secondary N) is 1. The number of thiazole rings is 1. The topological polar surface area (TPSA) is 45.1 Å². The van der Waals surface area contributed by atoms with Crippen molar-refractivity contribution in [3.05, 3.63) is 16.1 Å². The fraction of sp³-hybridized carbons (Fsp3) is 0.727. The van der Waals surface area contributed by atoms with Gasteiger partial charge in [-0.05, 0) is 20.3 Å². The molecule has 1 heterocycles. The molecule has 3 nitrogen and oxygen atoms in total. The Labute approximate surface area is 95.6 Å². The van der Waals surface area contributed by atoms with Crippen LogP contribution in [0.5, 0.6) is 0 Å². The van der Waals surface area contributed by atoms with E-state index in [1.165, 1.54) is 4.88 Å². The van der Waals surface area contributed by atoms with Crippen LogP contribution in [-0.2, 0) is 0 Å². The SMILES string of the molecule is CCCC(O)CNC(C)c1scnc1C. The molecule has 0 aliphatic rings. The Morgan fingerprint density at radius 2 is 2.33 bits per heavy atom. The predicted octanol–water partition coefficient (Wildman–Crippen LogP) is 2.26. The van der Waals surface area contributed by atoms with Crippen LogP contribution in [0.15, 0.2) is 5.51 Å². The molecule has 2 atom stereocenters. The van der Waals surface area contributed by atoms with Crippen molar-refractivity contribution >= 4 is 11.3 Å². The van der Waals surface area contributed by atoms with Crippen molar-refractivity contribution in [2.75, 3.05) is 6.54 Å². The van der Waals surface area contributed by atoms with Gasteiger partial charge in [-0.15, -0.1) is 11.3 Å². The van der Waals surface area contributed by atoms with Crippen LogP contribution in [-0.4, -0.2) is 22.7 Å². The summed E-state index contributed by atoms with van der Waals surface area (Å²) >= 11 is 1.67. The molecule has 15 heavy (non-hydrogen) atoms. The molecule has 1 aromatic rings. The first-order valence-corrected chi connectivity index (χ1v) is 6.34. The number of rotatable bonds is 6. The average molecular weight is 228 g/mol. The van der Waals surface area contributed by atoms with Crippen LogP contribution in [0.1, 0.15) is 43.3 Å². The molecular formula is C11H20N2OS. The third kappa shape index (κ3) is 3.89. The molecule has 0 aliphatic carbocycles. The number of aliphatic hydroxyl groups is 1. The number of aromatic nitrogens is 1. The monoisotopic (exact) mass is 228 g/mol. The van der Waals surface area contributed by atoms with Crippen LogP contribution >= 0.6 is 11.3 Å². The van der Waals surface area contributed by atoms with Crippen molar-refractivity contribution in [1.82, 2.24) is 10.3 Å². The Kier molecular flexibility index (Phi) is 5.22. The van der Waals surface area contributed by atoms with Gasteiger partial charge in [0, 0.05) is 17.5 Å². The van der Waals surface area contributed by atoms with Gasteiger partial charge in [0.2, 0.25) is 0 Å². The largest absolute Gasteiger partial charge is 0.392 e. The first kappa shape index (κ1) is 12.6. The molecule has 0 saturated heterocycles. The van der Waals surface area contributed by atoms with Crippen LogP contribution in [0.25, 0.3) is 0 Å². The van der Waals surface area contributed by atoms with E-state index in [1.807, 2.05) is 12.4 Å². The Morgan fingerprint density at radius 3 is 2.87 bits per heavy atom. The Morgan fingerprint density at radius 1 is 1.60 bits per heavy atom. The van der Waals surface area contributed by atoms with E-state index in [9.17, 15) is 5.11 Å². The van der Waals surface area contributed by atoms with Gasteiger partial charge in [0.15, 0.2) is 0 Å². The zero-order chi connectivity index (χ0) is 11.3. The van der Waals surface area contributed by atoms with E-state index in [0.29, 0.717) is 6.54 Å². The Hall–Kier alpha value is -0.450. The molecule has 1 aromatic heterocycles. The molecule has 0 bridgehead atoms. The zero-order valence-corrected chi connectivity index (χ0v) is 10.5.